The molecule has 1 saturated heterocycles. The van der Waals surface area contributed by atoms with Crippen molar-refractivity contribution in [2.24, 2.45) is 23.2 Å². The number of ether oxygens (including phenoxy) is 3. The summed E-state index contributed by atoms with van der Waals surface area (Å²) < 4.78 is 46.9. The van der Waals surface area contributed by atoms with Crippen molar-refractivity contribution < 1.29 is 41.8 Å². The van der Waals surface area contributed by atoms with E-state index in [0.29, 0.717) is 59.7 Å². The van der Waals surface area contributed by atoms with Crippen LogP contribution in [0.5, 0.6) is 11.5 Å². The lowest BCUT2D eigenvalue weighted by Crippen LogP contribution is -2.60. The fraction of sp³-hybridized carbons (Fsp3) is 0.587. The summed E-state index contributed by atoms with van der Waals surface area (Å²) in [7, 11) is -2.42. The average molecular weight is 858 g/mol. The summed E-state index contributed by atoms with van der Waals surface area (Å²) in [6.45, 7) is 10.6. The Morgan fingerprint density at radius 2 is 1.66 bits per heavy atom. The van der Waals surface area contributed by atoms with Crippen LogP contribution in [0, 0.1) is 23.2 Å². The Balaban J connectivity index is 1.11. The first kappa shape index (κ1) is 42.8. The largest absolute Gasteiger partial charge is 0.497 e. The van der Waals surface area contributed by atoms with E-state index in [1.54, 1.807) is 27.9 Å². The molecule has 14 nitrogen and oxygen atoms in total. The molecule has 3 aromatic rings. The highest BCUT2D eigenvalue weighted by atomic mass is 32.2. The van der Waals surface area contributed by atoms with Gasteiger partial charge in [-0.25, -0.2) is 18.2 Å². The van der Waals surface area contributed by atoms with Gasteiger partial charge < -0.3 is 29.7 Å². The van der Waals surface area contributed by atoms with Crippen molar-refractivity contribution in [2.75, 3.05) is 13.7 Å². The van der Waals surface area contributed by atoms with Gasteiger partial charge in [-0.05, 0) is 94.6 Å². The molecule has 8 rings (SSSR count). The van der Waals surface area contributed by atoms with E-state index in [-0.39, 0.29) is 24.8 Å². The molecule has 5 atom stereocenters. The van der Waals surface area contributed by atoms with E-state index in [9.17, 15) is 27.6 Å². The van der Waals surface area contributed by atoms with Crippen molar-refractivity contribution in [2.45, 2.75) is 133 Å². The number of likely N-dealkylation sites (tertiary alicyclic amines) is 1. The first-order valence-corrected chi connectivity index (χ1v) is 23.1. The Kier molecular flexibility index (Phi) is 10.8. The van der Waals surface area contributed by atoms with Gasteiger partial charge in [0.2, 0.25) is 21.8 Å². The molecule has 0 bridgehead atoms. The lowest BCUT2D eigenvalue weighted by molar-refractivity contribution is -0.143. The maximum absolute atomic E-state index is 14.9. The molecule has 0 spiro atoms. The quantitative estimate of drug-likeness (QED) is 0.167. The lowest BCUT2D eigenvalue weighted by atomic mass is 9.85. The van der Waals surface area contributed by atoms with Crippen LogP contribution in [0.15, 0.2) is 54.6 Å². The molecule has 3 N–H and O–H groups in total. The van der Waals surface area contributed by atoms with Crippen LogP contribution in [-0.2, 0) is 29.1 Å². The number of rotatable bonds is 14. The molecular formula is C46H59N5O9S. The molecule has 15 heteroatoms. The number of hydrogen-bond donors (Lipinski definition) is 3. The standard InChI is InChI=1S/C46H59N5O9S/c1-43(2,3)38(48-42(55)60-44(4,5)6)40(53)51-26-31(59-37-23-34(29-11-9-8-10-12-29)47-35-21-30(58-7)17-18-32(35)37)22-36(51)39(52)49-46(25-33(46)28-15-16-28)41(54)50-61(56,57)45(19-20-45)24-27-13-14-27/h8-12,17-18,21,23,27-28,31,33,36,38H,13-16,19-20,22,24-26H2,1-7H3,(H,48,55)(H,49,52)(H,50,54)/t31-,33?,36+,38-,46-/m1/s1. The topological polar surface area (TPSA) is 182 Å². The average Bonchev–Trinajstić information content (AvgIpc) is 3.98. The van der Waals surface area contributed by atoms with Crippen LogP contribution < -0.4 is 24.8 Å². The second-order valence-electron chi connectivity index (χ2n) is 20.1. The number of nitrogens with one attached hydrogen (secondary N) is 3. The molecule has 61 heavy (non-hydrogen) atoms. The summed E-state index contributed by atoms with van der Waals surface area (Å²) in [5.74, 6) is -0.399. The summed E-state index contributed by atoms with van der Waals surface area (Å²) >= 11 is 0. The summed E-state index contributed by atoms with van der Waals surface area (Å²) in [5.41, 5.74) is -0.947. The lowest BCUT2D eigenvalue weighted by Gasteiger charge is -2.36. The van der Waals surface area contributed by atoms with E-state index in [1.807, 2.05) is 75.4 Å². The zero-order chi connectivity index (χ0) is 43.7. The van der Waals surface area contributed by atoms with Gasteiger partial charge in [-0.2, -0.15) is 0 Å². The van der Waals surface area contributed by atoms with Gasteiger partial charge in [0.25, 0.3) is 5.91 Å². The van der Waals surface area contributed by atoms with Gasteiger partial charge in [0.05, 0.1) is 29.6 Å². The van der Waals surface area contributed by atoms with Crippen molar-refractivity contribution in [1.29, 1.82) is 0 Å². The van der Waals surface area contributed by atoms with E-state index in [2.05, 4.69) is 15.4 Å². The fourth-order valence-electron chi connectivity index (χ4n) is 8.96. The molecule has 2 heterocycles. The molecule has 4 amide bonds. The molecule has 5 aliphatic rings. The van der Waals surface area contributed by atoms with Crippen molar-refractivity contribution in [3.8, 4) is 22.8 Å². The predicted octanol–water partition coefficient (Wildman–Crippen LogP) is 6.26. The van der Waals surface area contributed by atoms with Crippen LogP contribution >= 0.6 is 0 Å². The molecular weight excluding hydrogens is 799 g/mol. The molecule has 328 valence electrons. The van der Waals surface area contributed by atoms with Crippen molar-refractivity contribution in [1.82, 2.24) is 25.2 Å². The summed E-state index contributed by atoms with van der Waals surface area (Å²) in [6, 6.07) is 14.7. The van der Waals surface area contributed by atoms with Crippen LogP contribution in [-0.4, -0.2) is 89.8 Å². The number of carbonyl (C=O) groups is 4. The molecule has 2 aromatic carbocycles. The van der Waals surface area contributed by atoms with Crippen molar-refractivity contribution >= 4 is 44.7 Å². The Bertz CT molecular complexity index is 2330. The molecule has 4 aliphatic carbocycles. The van der Waals surface area contributed by atoms with Crippen molar-refractivity contribution in [3.05, 3.63) is 54.6 Å². The Morgan fingerprint density at radius 3 is 2.26 bits per heavy atom. The number of nitrogens with zero attached hydrogens (tertiary/aromatic N) is 2. The minimum Gasteiger partial charge on any atom is -0.497 e. The van der Waals surface area contributed by atoms with E-state index >= 15 is 0 Å². The Morgan fingerprint density at radius 1 is 0.951 bits per heavy atom. The molecule has 1 aromatic heterocycles. The summed E-state index contributed by atoms with van der Waals surface area (Å²) in [6.07, 6.45) is 4.21. The number of aromatic nitrogens is 1. The third kappa shape index (κ3) is 9.03. The highest BCUT2D eigenvalue weighted by molar-refractivity contribution is 7.91. The van der Waals surface area contributed by atoms with Gasteiger partial charge in [0, 0.05) is 29.5 Å². The molecule has 5 fully saturated rings. The summed E-state index contributed by atoms with van der Waals surface area (Å²) in [4.78, 5) is 63.4. The maximum atomic E-state index is 14.9. The number of pyridine rings is 1. The highest BCUT2D eigenvalue weighted by Crippen LogP contribution is 2.58. The van der Waals surface area contributed by atoms with E-state index in [0.717, 1.165) is 31.2 Å². The van der Waals surface area contributed by atoms with Gasteiger partial charge in [-0.15, -0.1) is 0 Å². The third-order valence-corrected chi connectivity index (χ3v) is 15.1. The number of carbonyl (C=O) groups excluding carboxylic acids is 4. The minimum atomic E-state index is -4.00. The monoisotopic (exact) mass is 857 g/mol. The van der Waals surface area contributed by atoms with Gasteiger partial charge in [0.15, 0.2) is 0 Å². The SMILES string of the molecule is COc1ccc2c(O[C@@H]3C[C@@H](C(=O)N[C@]4(C(=O)NS(=O)(=O)C5(CC6CC6)CC5)CC4C4CC4)N(C(=O)[C@@H](NC(=O)OC(C)(C)C)C(C)(C)C)C3)cc(-c3ccccc3)nc2c1. The number of methoxy groups -OCH3 is 1. The zero-order valence-electron chi connectivity index (χ0n) is 36.2. The number of alkyl carbamates (subject to hydrolysis) is 1. The van der Waals surface area contributed by atoms with Crippen LogP contribution in [0.3, 0.4) is 0 Å². The van der Waals surface area contributed by atoms with Gasteiger partial charge in [-0.3, -0.25) is 19.1 Å². The van der Waals surface area contributed by atoms with E-state index in [1.165, 1.54) is 4.90 Å². The third-order valence-electron chi connectivity index (χ3n) is 12.9. The minimum absolute atomic E-state index is 0.0243. The fourth-order valence-corrected chi connectivity index (χ4v) is 10.7. The number of sulfonamides is 1. The molecule has 1 aliphatic heterocycles. The van der Waals surface area contributed by atoms with Crippen molar-refractivity contribution in [3.63, 3.8) is 0 Å². The number of fused-ring (bicyclic) bond motifs is 1. The second kappa shape index (κ2) is 15.5. The highest BCUT2D eigenvalue weighted by Gasteiger charge is 2.68. The van der Waals surface area contributed by atoms with E-state index < -0.39 is 73.3 Å². The number of benzene rings is 2. The van der Waals surface area contributed by atoms with Crippen LogP contribution in [0.4, 0.5) is 4.79 Å². The van der Waals surface area contributed by atoms with Gasteiger partial charge in [-0.1, -0.05) is 63.9 Å². The first-order valence-electron chi connectivity index (χ1n) is 21.6. The Hall–Kier alpha value is -4.92. The molecule has 1 unspecified atom stereocenters. The second-order valence-corrected chi connectivity index (χ2v) is 22.1. The number of amides is 4. The Labute approximate surface area is 358 Å². The maximum Gasteiger partial charge on any atom is 0.408 e. The van der Waals surface area contributed by atoms with Crippen LogP contribution in [0.2, 0.25) is 0 Å². The molecule has 4 saturated carbocycles. The number of hydrogen-bond acceptors (Lipinski definition) is 10. The summed E-state index contributed by atoms with van der Waals surface area (Å²) in [5, 5.41) is 6.49. The predicted molar refractivity (Wildman–Crippen MR) is 229 cm³/mol. The first-order chi connectivity index (χ1) is 28.7. The van der Waals surface area contributed by atoms with Crippen LogP contribution in [0.25, 0.3) is 22.2 Å². The van der Waals surface area contributed by atoms with Gasteiger partial charge >= 0.3 is 6.09 Å². The van der Waals surface area contributed by atoms with Crippen LogP contribution in [0.1, 0.15) is 99.3 Å². The molecule has 0 radical (unpaired) electrons. The zero-order valence-corrected chi connectivity index (χ0v) is 37.0. The normalized spacial score (nSPS) is 25.0. The smallest absolute Gasteiger partial charge is 0.408 e. The van der Waals surface area contributed by atoms with E-state index in [4.69, 9.17) is 19.2 Å². The van der Waals surface area contributed by atoms with Gasteiger partial charge in [0.1, 0.15) is 40.8 Å².